The zero-order chi connectivity index (χ0) is 18.4. The Morgan fingerprint density at radius 2 is 1.68 bits per heavy atom. The molecule has 0 unspecified atom stereocenters. The zero-order valence-corrected chi connectivity index (χ0v) is 14.9. The Hall–Kier alpha value is -2.45. The second-order valence-corrected chi connectivity index (χ2v) is 7.74. The predicted octanol–water partition coefficient (Wildman–Crippen LogP) is 2.74. The van der Waals surface area contributed by atoms with Gasteiger partial charge < -0.3 is 4.74 Å². The van der Waals surface area contributed by atoms with E-state index in [1.807, 2.05) is 31.2 Å². The molecule has 0 fully saturated rings. The molecule has 0 saturated carbocycles. The molecule has 0 spiro atoms. The summed E-state index contributed by atoms with van der Waals surface area (Å²) in [6.45, 7) is 2.42. The van der Waals surface area contributed by atoms with E-state index in [1.165, 1.54) is 35.6 Å². The van der Waals surface area contributed by atoms with Crippen LogP contribution in [0.2, 0.25) is 0 Å². The van der Waals surface area contributed by atoms with Gasteiger partial charge in [0.1, 0.15) is 12.4 Å². The third kappa shape index (κ3) is 5.54. The van der Waals surface area contributed by atoms with Gasteiger partial charge in [-0.2, -0.15) is 0 Å². The Morgan fingerprint density at radius 3 is 2.24 bits per heavy atom. The molecule has 0 aliphatic heterocycles. The molecule has 0 saturated heterocycles. The summed E-state index contributed by atoms with van der Waals surface area (Å²) in [6, 6.07) is 13.0. The van der Waals surface area contributed by atoms with E-state index in [2.05, 4.69) is 0 Å². The van der Waals surface area contributed by atoms with Crippen molar-refractivity contribution in [3.05, 3.63) is 69.8 Å². The lowest BCUT2D eigenvalue weighted by atomic mass is 10.2. The minimum absolute atomic E-state index is 0.0685. The fraction of sp³-hybridized carbons (Fsp3) is 0.294. The molecule has 0 aliphatic carbocycles. The van der Waals surface area contributed by atoms with Crippen LogP contribution in [0.1, 0.15) is 11.1 Å². The normalized spacial score (nSPS) is 11.5. The number of likely N-dealkylation sites (N-methyl/N-ethyl adjacent to an activating group) is 1. The highest BCUT2D eigenvalue weighted by Crippen LogP contribution is 2.16. The fourth-order valence-corrected chi connectivity index (χ4v) is 3.29. The van der Waals surface area contributed by atoms with Gasteiger partial charge in [-0.1, -0.05) is 29.8 Å². The molecule has 2 aromatic rings. The number of nitro groups is 1. The summed E-state index contributed by atoms with van der Waals surface area (Å²) in [4.78, 5) is 10.1. The monoisotopic (exact) mass is 364 g/mol. The van der Waals surface area contributed by atoms with Crippen molar-refractivity contribution in [2.75, 3.05) is 20.2 Å². The van der Waals surface area contributed by atoms with Crippen molar-refractivity contribution in [3.63, 3.8) is 0 Å². The van der Waals surface area contributed by atoms with E-state index in [0.29, 0.717) is 11.3 Å². The van der Waals surface area contributed by atoms with Gasteiger partial charge in [0, 0.05) is 25.7 Å². The third-order valence-corrected chi connectivity index (χ3v) is 5.50. The minimum atomic E-state index is -3.52. The molecule has 0 amide bonds. The highest BCUT2D eigenvalue weighted by Gasteiger charge is 2.19. The number of ether oxygens (including phenoxy) is 1. The molecule has 8 heteroatoms. The standard InChI is InChI=1S/C17H20N2O5S/c1-14-3-9-17(10-4-14)24-12-11-18(2)25(22,23)13-15-5-7-16(8-6-15)19(20)21/h3-10H,11-13H2,1-2H3. The fourth-order valence-electron chi connectivity index (χ4n) is 2.10. The number of aryl methyl sites for hydroxylation is 1. The summed E-state index contributed by atoms with van der Waals surface area (Å²) >= 11 is 0. The van der Waals surface area contributed by atoms with Crippen LogP contribution in [-0.4, -0.2) is 37.8 Å². The summed E-state index contributed by atoms with van der Waals surface area (Å²) in [5.41, 5.74) is 1.55. The van der Waals surface area contributed by atoms with Crippen molar-refractivity contribution in [3.8, 4) is 5.75 Å². The minimum Gasteiger partial charge on any atom is -0.492 e. The molecule has 0 bridgehead atoms. The average Bonchev–Trinajstić information content (AvgIpc) is 2.56. The number of nitrogens with zero attached hydrogens (tertiary/aromatic N) is 2. The summed E-state index contributed by atoms with van der Waals surface area (Å²) in [6.07, 6.45) is 0. The molecule has 0 aromatic heterocycles. The molecule has 0 heterocycles. The van der Waals surface area contributed by atoms with Crippen LogP contribution in [0.4, 0.5) is 5.69 Å². The summed E-state index contributed by atoms with van der Waals surface area (Å²) in [5.74, 6) is 0.471. The average molecular weight is 364 g/mol. The molecule has 25 heavy (non-hydrogen) atoms. The number of non-ortho nitro benzene ring substituents is 1. The van der Waals surface area contributed by atoms with Gasteiger partial charge in [-0.3, -0.25) is 10.1 Å². The van der Waals surface area contributed by atoms with E-state index in [4.69, 9.17) is 4.74 Å². The van der Waals surface area contributed by atoms with Crippen LogP contribution in [0.5, 0.6) is 5.75 Å². The van der Waals surface area contributed by atoms with Crippen LogP contribution < -0.4 is 4.74 Å². The largest absolute Gasteiger partial charge is 0.492 e. The first-order valence-electron chi connectivity index (χ1n) is 7.65. The van der Waals surface area contributed by atoms with Crippen LogP contribution in [0.25, 0.3) is 0 Å². The Labute approximate surface area is 147 Å². The van der Waals surface area contributed by atoms with Crippen LogP contribution in [0.3, 0.4) is 0 Å². The van der Waals surface area contributed by atoms with E-state index in [0.717, 1.165) is 5.56 Å². The van der Waals surface area contributed by atoms with Crippen molar-refractivity contribution in [1.29, 1.82) is 0 Å². The van der Waals surface area contributed by atoms with E-state index >= 15 is 0 Å². The SMILES string of the molecule is Cc1ccc(OCCN(C)S(=O)(=O)Cc2ccc([N+](=O)[O-])cc2)cc1. The molecule has 2 rings (SSSR count). The van der Waals surface area contributed by atoms with E-state index in [-0.39, 0.29) is 24.6 Å². The zero-order valence-electron chi connectivity index (χ0n) is 14.1. The van der Waals surface area contributed by atoms with Gasteiger partial charge in [0.05, 0.1) is 10.7 Å². The van der Waals surface area contributed by atoms with Crippen molar-refractivity contribution in [1.82, 2.24) is 4.31 Å². The molecule has 0 atom stereocenters. The van der Waals surface area contributed by atoms with Gasteiger partial charge in [0.2, 0.25) is 10.0 Å². The van der Waals surface area contributed by atoms with Gasteiger partial charge in [-0.05, 0) is 24.6 Å². The first kappa shape index (κ1) is 18.9. The molecule has 0 aliphatic rings. The Balaban J connectivity index is 1.89. The highest BCUT2D eigenvalue weighted by atomic mass is 32.2. The van der Waals surface area contributed by atoms with Crippen LogP contribution >= 0.6 is 0 Å². The predicted molar refractivity (Wildman–Crippen MR) is 95.0 cm³/mol. The van der Waals surface area contributed by atoms with Crippen LogP contribution in [-0.2, 0) is 15.8 Å². The van der Waals surface area contributed by atoms with Gasteiger partial charge in [0.25, 0.3) is 5.69 Å². The first-order chi connectivity index (χ1) is 11.8. The maximum Gasteiger partial charge on any atom is 0.269 e. The lowest BCUT2D eigenvalue weighted by Crippen LogP contribution is -2.32. The summed E-state index contributed by atoms with van der Waals surface area (Å²) in [5, 5.41) is 10.6. The van der Waals surface area contributed by atoms with Crippen molar-refractivity contribution < 1.29 is 18.1 Å². The van der Waals surface area contributed by atoms with Crippen molar-refractivity contribution in [2.24, 2.45) is 0 Å². The molecular weight excluding hydrogens is 344 g/mol. The Bertz CT molecular complexity index is 817. The third-order valence-electron chi connectivity index (χ3n) is 3.67. The maximum atomic E-state index is 12.3. The number of rotatable bonds is 8. The van der Waals surface area contributed by atoms with E-state index in [1.54, 1.807) is 0 Å². The lowest BCUT2D eigenvalue weighted by Gasteiger charge is -2.17. The summed E-state index contributed by atoms with van der Waals surface area (Å²) < 4.78 is 31.4. The highest BCUT2D eigenvalue weighted by molar-refractivity contribution is 7.88. The lowest BCUT2D eigenvalue weighted by molar-refractivity contribution is -0.384. The molecule has 7 nitrogen and oxygen atoms in total. The maximum absolute atomic E-state index is 12.3. The Morgan fingerprint density at radius 1 is 1.08 bits per heavy atom. The number of nitro benzene ring substituents is 1. The Kier molecular flexibility index (Phi) is 6.11. The second kappa shape index (κ2) is 8.09. The number of benzene rings is 2. The van der Waals surface area contributed by atoms with Crippen molar-refractivity contribution >= 4 is 15.7 Å². The van der Waals surface area contributed by atoms with Gasteiger partial charge in [0.15, 0.2) is 0 Å². The number of hydrogen-bond donors (Lipinski definition) is 0. The molecule has 0 N–H and O–H groups in total. The van der Waals surface area contributed by atoms with Gasteiger partial charge >= 0.3 is 0 Å². The molecule has 134 valence electrons. The van der Waals surface area contributed by atoms with Crippen molar-refractivity contribution in [2.45, 2.75) is 12.7 Å². The van der Waals surface area contributed by atoms with Gasteiger partial charge in [-0.15, -0.1) is 0 Å². The number of hydrogen-bond acceptors (Lipinski definition) is 5. The second-order valence-electron chi connectivity index (χ2n) is 5.66. The van der Waals surface area contributed by atoms with Crippen LogP contribution in [0, 0.1) is 17.0 Å². The molecule has 2 aromatic carbocycles. The molecular formula is C17H20N2O5S. The summed E-state index contributed by atoms with van der Waals surface area (Å²) in [7, 11) is -2.04. The smallest absolute Gasteiger partial charge is 0.269 e. The topological polar surface area (TPSA) is 89.8 Å². The molecule has 0 radical (unpaired) electrons. The first-order valence-corrected chi connectivity index (χ1v) is 9.26. The van der Waals surface area contributed by atoms with E-state index < -0.39 is 14.9 Å². The van der Waals surface area contributed by atoms with E-state index in [9.17, 15) is 18.5 Å². The number of sulfonamides is 1. The quantitative estimate of drug-likeness (QED) is 0.531. The van der Waals surface area contributed by atoms with Gasteiger partial charge in [-0.25, -0.2) is 12.7 Å². The van der Waals surface area contributed by atoms with Crippen LogP contribution in [0.15, 0.2) is 48.5 Å².